The number of carbonyl (C=O) groups excluding carboxylic acids is 1. The van der Waals surface area contributed by atoms with Gasteiger partial charge in [-0.1, -0.05) is 84.9 Å². The van der Waals surface area contributed by atoms with Crippen molar-refractivity contribution in [2.45, 2.75) is 0 Å². The average molecular weight is 324 g/mol. The summed E-state index contributed by atoms with van der Waals surface area (Å²) in [5.41, 5.74) is 5.66. The van der Waals surface area contributed by atoms with Crippen LogP contribution in [-0.4, -0.2) is 16.3 Å². The van der Waals surface area contributed by atoms with Crippen LogP contribution in [0.2, 0.25) is 0 Å². The fourth-order valence-electron chi connectivity index (χ4n) is 2.85. The highest BCUT2D eigenvalue weighted by Crippen LogP contribution is 2.32. The Morgan fingerprint density at radius 2 is 1.28 bits per heavy atom. The van der Waals surface area contributed by atoms with Crippen molar-refractivity contribution in [1.82, 2.24) is 9.97 Å². The number of aromatic nitrogens is 2. The third-order valence-electron chi connectivity index (χ3n) is 4.13. The lowest BCUT2D eigenvalue weighted by molar-refractivity contribution is 0.112. The molecule has 0 saturated heterocycles. The van der Waals surface area contributed by atoms with Crippen molar-refractivity contribution < 1.29 is 4.79 Å². The molecular weight excluding hydrogens is 308 g/mol. The van der Waals surface area contributed by atoms with Gasteiger partial charge in [-0.25, -0.2) is 4.98 Å². The van der Waals surface area contributed by atoms with Crippen LogP contribution in [0.3, 0.4) is 0 Å². The summed E-state index contributed by atoms with van der Waals surface area (Å²) in [4.78, 5) is 19.1. The van der Waals surface area contributed by atoms with Crippen molar-refractivity contribution in [2.75, 3.05) is 0 Å². The van der Waals surface area contributed by atoms with Crippen LogP contribution in [0.15, 0.2) is 84.9 Å². The van der Waals surface area contributed by atoms with Crippen molar-refractivity contribution in [3.05, 3.63) is 90.5 Å². The molecule has 1 N–H and O–H groups in total. The zero-order valence-electron chi connectivity index (χ0n) is 13.5. The van der Waals surface area contributed by atoms with E-state index in [1.165, 1.54) is 0 Å². The lowest BCUT2D eigenvalue weighted by atomic mass is 10.1. The molecule has 0 aliphatic rings. The Morgan fingerprint density at radius 3 is 1.88 bits per heavy atom. The minimum atomic E-state index is 0.655. The molecule has 120 valence electrons. The molecule has 0 unspecified atom stereocenters. The summed E-state index contributed by atoms with van der Waals surface area (Å²) in [5, 5.41) is 0. The van der Waals surface area contributed by atoms with E-state index < -0.39 is 0 Å². The molecule has 1 heterocycles. The minimum absolute atomic E-state index is 0.655. The van der Waals surface area contributed by atoms with Crippen LogP contribution in [0.1, 0.15) is 10.4 Å². The van der Waals surface area contributed by atoms with Gasteiger partial charge in [0.25, 0.3) is 0 Å². The molecule has 0 fully saturated rings. The molecule has 0 saturated carbocycles. The van der Waals surface area contributed by atoms with Gasteiger partial charge < -0.3 is 4.98 Å². The minimum Gasteiger partial charge on any atom is -0.337 e. The Bertz CT molecular complexity index is 930. The summed E-state index contributed by atoms with van der Waals surface area (Å²) in [6.07, 6.45) is 0.844. The molecule has 1 aromatic heterocycles. The Morgan fingerprint density at radius 1 is 0.680 bits per heavy atom. The summed E-state index contributed by atoms with van der Waals surface area (Å²) in [5.74, 6) is 0.787. The van der Waals surface area contributed by atoms with E-state index >= 15 is 0 Å². The van der Waals surface area contributed by atoms with Gasteiger partial charge in [-0.2, -0.15) is 0 Å². The standard InChI is InChI=1S/C22H16N2O/c25-15-16-11-13-19(14-12-16)22-23-20(17-7-3-1-4-8-17)21(24-22)18-9-5-2-6-10-18/h1-15H,(H,23,24). The summed E-state index contributed by atoms with van der Waals surface area (Å²) in [6.45, 7) is 0. The molecule has 4 rings (SSSR count). The first-order chi connectivity index (χ1) is 12.3. The van der Waals surface area contributed by atoms with Crippen molar-refractivity contribution in [3.63, 3.8) is 0 Å². The quantitative estimate of drug-likeness (QED) is 0.523. The highest BCUT2D eigenvalue weighted by atomic mass is 16.1. The molecule has 3 aromatic carbocycles. The molecule has 3 nitrogen and oxygen atoms in total. The first kappa shape index (κ1) is 15.1. The molecular formula is C22H16N2O. The van der Waals surface area contributed by atoms with Gasteiger partial charge in [0.15, 0.2) is 0 Å². The summed E-state index contributed by atoms with van der Waals surface area (Å²) < 4.78 is 0. The second kappa shape index (κ2) is 6.57. The van der Waals surface area contributed by atoms with E-state index in [0.29, 0.717) is 5.56 Å². The van der Waals surface area contributed by atoms with Gasteiger partial charge in [0, 0.05) is 22.3 Å². The van der Waals surface area contributed by atoms with Crippen LogP contribution in [-0.2, 0) is 0 Å². The molecule has 0 amide bonds. The number of imidazole rings is 1. The normalized spacial score (nSPS) is 10.6. The average Bonchev–Trinajstić information content (AvgIpc) is 3.15. The Kier molecular flexibility index (Phi) is 3.97. The van der Waals surface area contributed by atoms with Crippen molar-refractivity contribution in [2.24, 2.45) is 0 Å². The number of benzene rings is 3. The number of carbonyl (C=O) groups is 1. The second-order valence-corrected chi connectivity index (χ2v) is 5.78. The molecule has 0 aliphatic heterocycles. The number of rotatable bonds is 4. The maximum absolute atomic E-state index is 10.9. The highest BCUT2D eigenvalue weighted by molar-refractivity contribution is 5.82. The van der Waals surface area contributed by atoms with Gasteiger partial charge >= 0.3 is 0 Å². The predicted molar refractivity (Wildman–Crippen MR) is 100 cm³/mol. The number of nitrogens with zero attached hydrogens (tertiary/aromatic N) is 1. The van der Waals surface area contributed by atoms with Gasteiger partial charge in [0.1, 0.15) is 12.1 Å². The van der Waals surface area contributed by atoms with Crippen LogP contribution >= 0.6 is 0 Å². The van der Waals surface area contributed by atoms with Crippen molar-refractivity contribution in [1.29, 1.82) is 0 Å². The van der Waals surface area contributed by atoms with E-state index in [-0.39, 0.29) is 0 Å². The van der Waals surface area contributed by atoms with E-state index in [0.717, 1.165) is 40.2 Å². The van der Waals surface area contributed by atoms with Crippen LogP contribution < -0.4 is 0 Å². The molecule has 0 bridgehead atoms. The first-order valence-electron chi connectivity index (χ1n) is 8.11. The van der Waals surface area contributed by atoms with Crippen molar-refractivity contribution in [3.8, 4) is 33.9 Å². The maximum Gasteiger partial charge on any atom is 0.150 e. The van der Waals surface area contributed by atoms with Crippen LogP contribution in [0.4, 0.5) is 0 Å². The number of aromatic amines is 1. The predicted octanol–water partition coefficient (Wildman–Crippen LogP) is 5.22. The smallest absolute Gasteiger partial charge is 0.150 e. The van der Waals surface area contributed by atoms with Crippen LogP contribution in [0.5, 0.6) is 0 Å². The number of nitrogens with one attached hydrogen (secondary N) is 1. The Labute approximate surface area is 146 Å². The first-order valence-corrected chi connectivity index (χ1v) is 8.11. The fraction of sp³-hybridized carbons (Fsp3) is 0. The maximum atomic E-state index is 10.9. The van der Waals surface area contributed by atoms with Crippen LogP contribution in [0, 0.1) is 0 Å². The monoisotopic (exact) mass is 324 g/mol. The lowest BCUT2D eigenvalue weighted by Crippen LogP contribution is -1.83. The molecule has 0 spiro atoms. The lowest BCUT2D eigenvalue weighted by Gasteiger charge is -2.02. The Hall–Kier alpha value is -3.46. The topological polar surface area (TPSA) is 45.8 Å². The second-order valence-electron chi connectivity index (χ2n) is 5.78. The van der Waals surface area contributed by atoms with Crippen molar-refractivity contribution >= 4 is 6.29 Å². The zero-order chi connectivity index (χ0) is 17.1. The molecule has 25 heavy (non-hydrogen) atoms. The molecule has 0 aliphatic carbocycles. The van der Waals surface area contributed by atoms with Gasteiger partial charge in [-0.05, 0) is 0 Å². The van der Waals surface area contributed by atoms with Gasteiger partial charge in [-0.3, -0.25) is 4.79 Å². The summed E-state index contributed by atoms with van der Waals surface area (Å²) in [6, 6.07) is 27.7. The number of hydrogen-bond acceptors (Lipinski definition) is 2. The Balaban J connectivity index is 1.87. The highest BCUT2D eigenvalue weighted by Gasteiger charge is 2.14. The number of H-pyrrole nitrogens is 1. The van der Waals surface area contributed by atoms with E-state index in [1.807, 2.05) is 48.5 Å². The van der Waals surface area contributed by atoms with E-state index in [9.17, 15) is 4.79 Å². The van der Waals surface area contributed by atoms with E-state index in [2.05, 4.69) is 29.2 Å². The SMILES string of the molecule is O=Cc1ccc(-c2nc(-c3ccccc3)c(-c3ccccc3)[nH]2)cc1. The fourth-order valence-corrected chi connectivity index (χ4v) is 2.85. The molecule has 0 atom stereocenters. The molecule has 4 aromatic rings. The number of hydrogen-bond donors (Lipinski definition) is 1. The van der Waals surface area contributed by atoms with Gasteiger partial charge in [0.2, 0.25) is 0 Å². The largest absolute Gasteiger partial charge is 0.337 e. The summed E-state index contributed by atoms with van der Waals surface area (Å²) in [7, 11) is 0. The molecule has 3 heteroatoms. The van der Waals surface area contributed by atoms with Gasteiger partial charge in [-0.15, -0.1) is 0 Å². The zero-order valence-corrected chi connectivity index (χ0v) is 13.5. The number of aldehydes is 1. The third kappa shape index (κ3) is 3.00. The van der Waals surface area contributed by atoms with E-state index in [4.69, 9.17) is 4.98 Å². The van der Waals surface area contributed by atoms with E-state index in [1.54, 1.807) is 12.1 Å². The summed E-state index contributed by atoms with van der Waals surface area (Å²) >= 11 is 0. The van der Waals surface area contributed by atoms with Gasteiger partial charge in [0.05, 0.1) is 11.4 Å². The van der Waals surface area contributed by atoms with Crippen LogP contribution in [0.25, 0.3) is 33.9 Å². The molecule has 0 radical (unpaired) electrons. The third-order valence-corrected chi connectivity index (χ3v) is 4.13.